The lowest BCUT2D eigenvalue weighted by Crippen LogP contribution is -2.19. The molecule has 0 bridgehead atoms. The van der Waals surface area contributed by atoms with Crippen LogP contribution in [0.25, 0.3) is 21.9 Å². The van der Waals surface area contributed by atoms with Gasteiger partial charge in [0.25, 0.3) is 0 Å². The van der Waals surface area contributed by atoms with Crippen molar-refractivity contribution < 1.29 is 17.9 Å². The SMILES string of the molecule is Cc1ccc2c(oc3c(F)c(OCC4CCC(C)CC4)ccc32)c1F. The fourth-order valence-electron chi connectivity index (χ4n) is 3.73. The molecule has 25 heavy (non-hydrogen) atoms. The van der Waals surface area contributed by atoms with Crippen LogP contribution in [-0.4, -0.2) is 6.61 Å². The van der Waals surface area contributed by atoms with Crippen LogP contribution in [0.5, 0.6) is 5.75 Å². The molecule has 0 aliphatic heterocycles. The Balaban J connectivity index is 1.63. The molecule has 1 aliphatic rings. The largest absolute Gasteiger partial charge is 0.490 e. The lowest BCUT2D eigenvalue weighted by Gasteiger charge is -2.26. The zero-order valence-electron chi connectivity index (χ0n) is 14.6. The second-order valence-corrected chi connectivity index (χ2v) is 7.37. The van der Waals surface area contributed by atoms with Crippen LogP contribution in [0.4, 0.5) is 8.78 Å². The van der Waals surface area contributed by atoms with Gasteiger partial charge in [0.2, 0.25) is 5.82 Å². The minimum Gasteiger partial charge on any atom is -0.490 e. The molecule has 0 atom stereocenters. The van der Waals surface area contributed by atoms with Gasteiger partial charge in [-0.05, 0) is 49.3 Å². The zero-order chi connectivity index (χ0) is 17.6. The molecule has 2 nitrogen and oxygen atoms in total. The minimum absolute atomic E-state index is 0.0641. The van der Waals surface area contributed by atoms with Crippen molar-refractivity contribution in [1.29, 1.82) is 0 Å². The van der Waals surface area contributed by atoms with E-state index in [0.29, 0.717) is 28.9 Å². The van der Waals surface area contributed by atoms with Crippen LogP contribution >= 0.6 is 0 Å². The van der Waals surface area contributed by atoms with Crippen molar-refractivity contribution in [3.05, 3.63) is 41.5 Å². The molecule has 0 radical (unpaired) electrons. The Morgan fingerprint density at radius 2 is 1.60 bits per heavy atom. The van der Waals surface area contributed by atoms with Gasteiger partial charge in [-0.25, -0.2) is 4.39 Å². The Bertz CT molecular complexity index is 921. The second kappa shape index (κ2) is 6.32. The highest BCUT2D eigenvalue weighted by Gasteiger charge is 2.21. The van der Waals surface area contributed by atoms with E-state index >= 15 is 0 Å². The van der Waals surface area contributed by atoms with Gasteiger partial charge < -0.3 is 9.15 Å². The average molecular weight is 344 g/mol. The molecule has 0 N–H and O–H groups in total. The summed E-state index contributed by atoms with van der Waals surface area (Å²) in [7, 11) is 0. The summed E-state index contributed by atoms with van der Waals surface area (Å²) in [6.07, 6.45) is 4.66. The predicted molar refractivity (Wildman–Crippen MR) is 95.0 cm³/mol. The molecule has 1 aliphatic carbocycles. The average Bonchev–Trinajstić information content (AvgIpc) is 2.99. The molecule has 132 valence electrons. The fraction of sp³-hybridized carbons (Fsp3) is 0.429. The van der Waals surface area contributed by atoms with Crippen LogP contribution in [0.3, 0.4) is 0 Å². The maximum atomic E-state index is 14.8. The standard InChI is InChI=1S/C21H22F2O2/c1-12-3-6-14(7-4-12)11-24-17-10-9-16-15-8-5-13(2)18(22)20(15)25-21(16)19(17)23/h5,8-10,12,14H,3-4,6-7,11H2,1-2H3. The number of rotatable bonds is 3. The first-order valence-electron chi connectivity index (χ1n) is 8.97. The van der Waals surface area contributed by atoms with E-state index in [-0.39, 0.29) is 16.9 Å². The third-order valence-electron chi connectivity index (χ3n) is 5.46. The summed E-state index contributed by atoms with van der Waals surface area (Å²) < 4.78 is 40.3. The Kier molecular flexibility index (Phi) is 4.14. The van der Waals surface area contributed by atoms with Crippen molar-refractivity contribution in [2.45, 2.75) is 39.5 Å². The molecular formula is C21H22F2O2. The maximum absolute atomic E-state index is 14.8. The normalized spacial score (nSPS) is 21.1. The number of aryl methyl sites for hydroxylation is 1. The van der Waals surface area contributed by atoms with Crippen LogP contribution in [0.2, 0.25) is 0 Å². The molecule has 1 heterocycles. The molecule has 0 amide bonds. The van der Waals surface area contributed by atoms with Crippen LogP contribution in [0.1, 0.15) is 38.2 Å². The number of halogens is 2. The first-order valence-corrected chi connectivity index (χ1v) is 8.97. The monoisotopic (exact) mass is 344 g/mol. The van der Waals surface area contributed by atoms with Gasteiger partial charge in [-0.1, -0.05) is 31.9 Å². The third-order valence-corrected chi connectivity index (χ3v) is 5.46. The van der Waals surface area contributed by atoms with Crippen molar-refractivity contribution in [1.82, 2.24) is 0 Å². The molecule has 3 aromatic rings. The van der Waals surface area contributed by atoms with Crippen molar-refractivity contribution in [2.24, 2.45) is 11.8 Å². The number of furan rings is 1. The first-order chi connectivity index (χ1) is 12.0. The molecule has 0 unspecified atom stereocenters. The van der Waals surface area contributed by atoms with Gasteiger partial charge in [0, 0.05) is 10.8 Å². The molecule has 4 heteroatoms. The second-order valence-electron chi connectivity index (χ2n) is 7.37. The van der Waals surface area contributed by atoms with Gasteiger partial charge in [0.1, 0.15) is 0 Å². The number of fused-ring (bicyclic) bond motifs is 3. The van der Waals surface area contributed by atoms with Crippen LogP contribution in [-0.2, 0) is 0 Å². The third kappa shape index (κ3) is 2.88. The van der Waals surface area contributed by atoms with E-state index in [9.17, 15) is 8.78 Å². The summed E-state index contributed by atoms with van der Waals surface area (Å²) in [4.78, 5) is 0. The van der Waals surface area contributed by atoms with Gasteiger partial charge >= 0.3 is 0 Å². The van der Waals surface area contributed by atoms with Crippen LogP contribution in [0, 0.1) is 30.4 Å². The summed E-state index contributed by atoms with van der Waals surface area (Å²) in [5.41, 5.74) is 0.650. The molecular weight excluding hydrogens is 322 g/mol. The summed E-state index contributed by atoms with van der Waals surface area (Å²) >= 11 is 0. The number of hydrogen-bond acceptors (Lipinski definition) is 2. The van der Waals surface area contributed by atoms with Crippen molar-refractivity contribution in [2.75, 3.05) is 6.61 Å². The lowest BCUT2D eigenvalue weighted by atomic mass is 9.83. The highest BCUT2D eigenvalue weighted by atomic mass is 19.1. The topological polar surface area (TPSA) is 22.4 Å². The van der Waals surface area contributed by atoms with Gasteiger partial charge in [0.05, 0.1) is 6.61 Å². The molecule has 1 aromatic heterocycles. The van der Waals surface area contributed by atoms with E-state index in [2.05, 4.69) is 6.92 Å². The number of benzene rings is 2. The Morgan fingerprint density at radius 3 is 2.32 bits per heavy atom. The quantitative estimate of drug-likeness (QED) is 0.550. The van der Waals surface area contributed by atoms with E-state index in [4.69, 9.17) is 9.15 Å². The number of hydrogen-bond donors (Lipinski definition) is 0. The Labute approximate surface area is 145 Å². The summed E-state index contributed by atoms with van der Waals surface area (Å²) in [5, 5.41) is 1.16. The predicted octanol–water partition coefficient (Wildman–Crippen LogP) is 6.38. The molecule has 1 fully saturated rings. The summed E-state index contributed by atoms with van der Waals surface area (Å²) in [5.74, 6) is 0.449. The van der Waals surface area contributed by atoms with Crippen molar-refractivity contribution in [3.8, 4) is 5.75 Å². The smallest absolute Gasteiger partial charge is 0.208 e. The van der Waals surface area contributed by atoms with Crippen LogP contribution < -0.4 is 4.74 Å². The number of ether oxygens (including phenoxy) is 1. The molecule has 0 spiro atoms. The van der Waals surface area contributed by atoms with E-state index in [1.165, 1.54) is 12.8 Å². The van der Waals surface area contributed by atoms with Crippen LogP contribution in [0.15, 0.2) is 28.7 Å². The highest BCUT2D eigenvalue weighted by Crippen LogP contribution is 2.36. The Hall–Kier alpha value is -2.10. The first kappa shape index (κ1) is 16.4. The Morgan fingerprint density at radius 1 is 0.960 bits per heavy atom. The van der Waals surface area contributed by atoms with Crippen molar-refractivity contribution in [3.63, 3.8) is 0 Å². The highest BCUT2D eigenvalue weighted by molar-refractivity contribution is 6.05. The van der Waals surface area contributed by atoms with Gasteiger partial charge in [0.15, 0.2) is 22.7 Å². The van der Waals surface area contributed by atoms with Gasteiger partial charge in [-0.2, -0.15) is 4.39 Å². The molecule has 2 aromatic carbocycles. The lowest BCUT2D eigenvalue weighted by molar-refractivity contribution is 0.183. The fourth-order valence-corrected chi connectivity index (χ4v) is 3.73. The molecule has 1 saturated carbocycles. The minimum atomic E-state index is -0.546. The molecule has 4 rings (SSSR count). The van der Waals surface area contributed by atoms with E-state index in [0.717, 1.165) is 18.8 Å². The van der Waals surface area contributed by atoms with E-state index in [1.807, 2.05) is 0 Å². The van der Waals surface area contributed by atoms with E-state index in [1.54, 1.807) is 31.2 Å². The van der Waals surface area contributed by atoms with Crippen molar-refractivity contribution >= 4 is 21.9 Å². The zero-order valence-corrected chi connectivity index (χ0v) is 14.6. The molecule has 0 saturated heterocycles. The van der Waals surface area contributed by atoms with E-state index < -0.39 is 11.6 Å². The summed E-state index contributed by atoms with van der Waals surface area (Å²) in [6, 6.07) is 6.81. The summed E-state index contributed by atoms with van der Waals surface area (Å²) in [6.45, 7) is 4.45. The maximum Gasteiger partial charge on any atom is 0.208 e. The van der Waals surface area contributed by atoms with Gasteiger partial charge in [-0.15, -0.1) is 0 Å². The van der Waals surface area contributed by atoms with Gasteiger partial charge in [-0.3, -0.25) is 0 Å².